The van der Waals surface area contributed by atoms with E-state index < -0.39 is 4.92 Å². The topological polar surface area (TPSA) is 101 Å². The predicted octanol–water partition coefficient (Wildman–Crippen LogP) is 4.20. The number of aromatic nitrogens is 5. The summed E-state index contributed by atoms with van der Waals surface area (Å²) in [7, 11) is 0. The summed E-state index contributed by atoms with van der Waals surface area (Å²) in [6, 6.07) is 8.03. The van der Waals surface area contributed by atoms with E-state index in [0.29, 0.717) is 23.4 Å². The molecule has 0 amide bonds. The second-order valence-corrected chi connectivity index (χ2v) is 8.54. The van der Waals surface area contributed by atoms with Gasteiger partial charge in [-0.2, -0.15) is 5.10 Å². The van der Waals surface area contributed by atoms with Crippen molar-refractivity contribution in [3.63, 3.8) is 0 Å². The molecule has 9 nitrogen and oxygen atoms in total. The molecule has 0 fully saturated rings. The maximum atomic E-state index is 10.8. The van der Waals surface area contributed by atoms with Gasteiger partial charge in [0.1, 0.15) is 24.8 Å². The molecule has 0 saturated carbocycles. The minimum atomic E-state index is -0.474. The van der Waals surface area contributed by atoms with Gasteiger partial charge in [0.05, 0.1) is 10.8 Å². The molecule has 10 heteroatoms. The van der Waals surface area contributed by atoms with Crippen LogP contribution in [0.1, 0.15) is 32.2 Å². The Morgan fingerprint density at radius 3 is 2.60 bits per heavy atom. The largest absolute Gasteiger partial charge is 0.486 e. The van der Waals surface area contributed by atoms with Crippen LogP contribution in [0.2, 0.25) is 0 Å². The van der Waals surface area contributed by atoms with Crippen LogP contribution in [0.15, 0.2) is 54.5 Å². The fraction of sp³-hybridized carbons (Fsp3) is 0.350. The summed E-state index contributed by atoms with van der Waals surface area (Å²) in [6.07, 6.45) is 4.36. The maximum Gasteiger partial charge on any atom is 0.307 e. The first kappa shape index (κ1) is 21.6. The number of allylic oxidation sites excluding steroid dienone is 1. The van der Waals surface area contributed by atoms with Gasteiger partial charge in [-0.3, -0.25) is 19.4 Å². The molecule has 3 rings (SSSR count). The van der Waals surface area contributed by atoms with E-state index in [1.807, 2.05) is 16.7 Å². The van der Waals surface area contributed by atoms with Gasteiger partial charge in [-0.25, -0.2) is 0 Å². The lowest BCUT2D eigenvalue weighted by Crippen LogP contribution is -2.11. The van der Waals surface area contributed by atoms with Gasteiger partial charge in [0.2, 0.25) is 0 Å². The van der Waals surface area contributed by atoms with E-state index in [1.54, 1.807) is 6.08 Å². The van der Waals surface area contributed by atoms with Crippen molar-refractivity contribution in [2.24, 2.45) is 0 Å². The van der Waals surface area contributed by atoms with Crippen molar-refractivity contribution in [1.29, 1.82) is 0 Å². The van der Waals surface area contributed by atoms with Crippen LogP contribution in [-0.4, -0.2) is 29.5 Å². The Morgan fingerprint density at radius 1 is 1.27 bits per heavy atom. The SMILES string of the molecule is C=CCn1c(COc2ccc(C(C)(C)C)cc2)nnc1SCn1cc([N+](=O)[O-])cn1. The van der Waals surface area contributed by atoms with Crippen LogP contribution in [0.4, 0.5) is 5.69 Å². The Balaban J connectivity index is 1.66. The minimum Gasteiger partial charge on any atom is -0.486 e. The minimum absolute atomic E-state index is 0.0465. The molecular formula is C20H24N6O3S. The van der Waals surface area contributed by atoms with Crippen LogP contribution in [0.25, 0.3) is 0 Å². The number of nitrogens with zero attached hydrogens (tertiary/aromatic N) is 6. The summed E-state index contributed by atoms with van der Waals surface area (Å²) >= 11 is 1.38. The molecule has 1 aromatic carbocycles. The Bertz CT molecular complexity index is 1020. The number of benzene rings is 1. The number of nitro groups is 1. The number of hydrogen-bond donors (Lipinski definition) is 0. The molecule has 0 N–H and O–H groups in total. The van der Waals surface area contributed by atoms with Gasteiger partial charge < -0.3 is 4.74 Å². The summed E-state index contributed by atoms with van der Waals surface area (Å²) in [5.74, 6) is 1.80. The monoisotopic (exact) mass is 428 g/mol. The third-order valence-corrected chi connectivity index (χ3v) is 5.30. The maximum absolute atomic E-state index is 10.8. The molecule has 0 bridgehead atoms. The van der Waals surface area contributed by atoms with Gasteiger partial charge in [0, 0.05) is 6.54 Å². The molecule has 3 aromatic rings. The summed E-state index contributed by atoms with van der Waals surface area (Å²) in [5.41, 5.74) is 1.28. The number of thioether (sulfide) groups is 1. The summed E-state index contributed by atoms with van der Waals surface area (Å²) in [4.78, 5) is 10.3. The molecule has 0 aliphatic heterocycles. The van der Waals surface area contributed by atoms with Gasteiger partial charge in [-0.05, 0) is 23.1 Å². The van der Waals surface area contributed by atoms with Crippen molar-refractivity contribution in [3.05, 3.63) is 70.8 Å². The van der Waals surface area contributed by atoms with Gasteiger partial charge in [0.15, 0.2) is 11.0 Å². The molecule has 158 valence electrons. The Kier molecular flexibility index (Phi) is 6.56. The third-order valence-electron chi connectivity index (χ3n) is 4.35. The second kappa shape index (κ2) is 9.12. The highest BCUT2D eigenvalue weighted by atomic mass is 32.2. The van der Waals surface area contributed by atoms with Crippen molar-refractivity contribution in [3.8, 4) is 5.75 Å². The van der Waals surface area contributed by atoms with Crippen LogP contribution >= 0.6 is 11.8 Å². The van der Waals surface area contributed by atoms with E-state index in [1.165, 1.54) is 34.4 Å². The Morgan fingerprint density at radius 2 is 2.00 bits per heavy atom. The van der Waals surface area contributed by atoms with Gasteiger partial charge in [0.25, 0.3) is 0 Å². The summed E-state index contributed by atoms with van der Waals surface area (Å²) in [5, 5.41) is 23.9. The quantitative estimate of drug-likeness (QED) is 0.218. The van der Waals surface area contributed by atoms with Crippen LogP contribution in [-0.2, 0) is 24.4 Å². The van der Waals surface area contributed by atoms with E-state index in [9.17, 15) is 10.1 Å². The smallest absolute Gasteiger partial charge is 0.307 e. The number of ether oxygens (including phenoxy) is 1. The van der Waals surface area contributed by atoms with Crippen LogP contribution in [0.3, 0.4) is 0 Å². The third kappa shape index (κ3) is 5.26. The number of rotatable bonds is 9. The highest BCUT2D eigenvalue weighted by Gasteiger charge is 2.15. The van der Waals surface area contributed by atoms with E-state index in [-0.39, 0.29) is 17.7 Å². The molecule has 30 heavy (non-hydrogen) atoms. The average molecular weight is 429 g/mol. The highest BCUT2D eigenvalue weighted by molar-refractivity contribution is 7.98. The van der Waals surface area contributed by atoms with Gasteiger partial charge >= 0.3 is 5.69 Å². The fourth-order valence-corrected chi connectivity index (χ4v) is 3.51. The molecule has 0 atom stereocenters. The normalized spacial score (nSPS) is 11.4. The molecule has 0 spiro atoms. The average Bonchev–Trinajstić information content (AvgIpc) is 3.32. The molecule has 0 aliphatic carbocycles. The van der Waals surface area contributed by atoms with Crippen molar-refractivity contribution in [1.82, 2.24) is 24.5 Å². The highest BCUT2D eigenvalue weighted by Crippen LogP contribution is 2.25. The fourth-order valence-electron chi connectivity index (χ4n) is 2.69. The predicted molar refractivity (Wildman–Crippen MR) is 114 cm³/mol. The lowest BCUT2D eigenvalue weighted by atomic mass is 9.87. The van der Waals surface area contributed by atoms with Gasteiger partial charge in [-0.1, -0.05) is 50.7 Å². The van der Waals surface area contributed by atoms with Crippen molar-refractivity contribution < 1.29 is 9.66 Å². The van der Waals surface area contributed by atoms with Crippen LogP contribution in [0, 0.1) is 10.1 Å². The first-order valence-electron chi connectivity index (χ1n) is 9.34. The zero-order chi connectivity index (χ0) is 21.7. The van der Waals surface area contributed by atoms with Crippen LogP contribution < -0.4 is 4.74 Å². The van der Waals surface area contributed by atoms with E-state index in [2.05, 4.69) is 54.8 Å². The first-order chi connectivity index (χ1) is 14.3. The lowest BCUT2D eigenvalue weighted by molar-refractivity contribution is -0.385. The number of hydrogen-bond acceptors (Lipinski definition) is 7. The molecular weight excluding hydrogens is 404 g/mol. The van der Waals surface area contributed by atoms with E-state index >= 15 is 0 Å². The van der Waals surface area contributed by atoms with Crippen LogP contribution in [0.5, 0.6) is 5.75 Å². The molecule has 0 saturated heterocycles. The van der Waals surface area contributed by atoms with Crippen molar-refractivity contribution in [2.45, 2.75) is 50.4 Å². The zero-order valence-corrected chi connectivity index (χ0v) is 18.0. The summed E-state index contributed by atoms with van der Waals surface area (Å²) in [6.45, 7) is 11.1. The lowest BCUT2D eigenvalue weighted by Gasteiger charge is -2.19. The molecule has 2 aromatic heterocycles. The van der Waals surface area contributed by atoms with Gasteiger partial charge in [-0.15, -0.1) is 16.8 Å². The standard InChI is InChI=1S/C20H24N6O3S/c1-5-10-25-18(13-29-17-8-6-15(7-9-17)20(2,3)4)22-23-19(25)30-14-24-12-16(11-21-24)26(27)28/h5-9,11-12H,1,10,13-14H2,2-4H3. The van der Waals surface area contributed by atoms with Crippen molar-refractivity contribution >= 4 is 17.4 Å². The molecule has 2 heterocycles. The zero-order valence-electron chi connectivity index (χ0n) is 17.2. The Hall–Kier alpha value is -3.14. The van der Waals surface area contributed by atoms with E-state index in [0.717, 1.165) is 5.75 Å². The van der Waals surface area contributed by atoms with Crippen molar-refractivity contribution in [2.75, 3.05) is 0 Å². The Labute approximate surface area is 178 Å². The summed E-state index contributed by atoms with van der Waals surface area (Å²) < 4.78 is 9.28. The first-order valence-corrected chi connectivity index (χ1v) is 10.3. The second-order valence-electron chi connectivity index (χ2n) is 7.63. The molecule has 0 unspecified atom stereocenters. The van der Waals surface area contributed by atoms with E-state index in [4.69, 9.17) is 4.74 Å². The molecule has 0 aliphatic rings. The molecule has 0 radical (unpaired) electrons.